The molecule has 0 radical (unpaired) electrons. The summed E-state index contributed by atoms with van der Waals surface area (Å²) < 4.78 is 4.57. The second-order valence-corrected chi connectivity index (χ2v) is 2.06. The molecule has 0 heterocycles. The first-order valence-electron chi connectivity index (χ1n) is 3.20. The van der Waals surface area contributed by atoms with Crippen LogP contribution in [0.4, 0.5) is 0 Å². The van der Waals surface area contributed by atoms with Crippen LogP contribution in [0.5, 0.6) is 0 Å². The van der Waals surface area contributed by atoms with Gasteiger partial charge in [-0.2, -0.15) is 10.5 Å². The zero-order valence-corrected chi connectivity index (χ0v) is 6.16. The fraction of sp³-hybridized carbons (Fsp3) is 0.714. The summed E-state index contributed by atoms with van der Waals surface area (Å²) in [6.07, 6.45) is 2.01. The minimum absolute atomic E-state index is 0.167. The van der Waals surface area contributed by atoms with E-state index in [1.807, 2.05) is 6.92 Å². The van der Waals surface area contributed by atoms with Gasteiger partial charge in [0.15, 0.2) is 0 Å². The number of hydrogen-bond donors (Lipinski definition) is 0. The molecule has 0 rings (SSSR count). The molecule has 0 fully saturated rings. The molecule has 0 spiro atoms. The van der Waals surface area contributed by atoms with E-state index in [1.54, 1.807) is 13.2 Å². The van der Waals surface area contributed by atoms with E-state index in [-0.39, 0.29) is 12.0 Å². The van der Waals surface area contributed by atoms with Gasteiger partial charge in [0.1, 0.15) is 6.10 Å². The average molecular weight is 138 g/mol. The first kappa shape index (κ1) is 8.78. The SMILES string of the molecule is CCC(C#N)C(C)OC#N. The van der Waals surface area contributed by atoms with Gasteiger partial charge in [0.05, 0.1) is 12.0 Å². The van der Waals surface area contributed by atoms with Crippen molar-refractivity contribution in [2.75, 3.05) is 0 Å². The zero-order chi connectivity index (χ0) is 7.98. The molecule has 0 bridgehead atoms. The van der Waals surface area contributed by atoms with E-state index in [0.29, 0.717) is 0 Å². The lowest BCUT2D eigenvalue weighted by Crippen LogP contribution is -2.16. The normalized spacial score (nSPS) is 14.4. The highest BCUT2D eigenvalue weighted by atomic mass is 16.5. The second kappa shape index (κ2) is 4.64. The minimum Gasteiger partial charge on any atom is -0.423 e. The molecule has 0 N–H and O–H groups in total. The Labute approximate surface area is 60.8 Å². The molecule has 0 aromatic carbocycles. The fourth-order valence-electron chi connectivity index (χ4n) is 0.693. The van der Waals surface area contributed by atoms with Crippen molar-refractivity contribution in [2.24, 2.45) is 5.92 Å². The van der Waals surface area contributed by atoms with E-state index in [9.17, 15) is 0 Å². The van der Waals surface area contributed by atoms with Crippen molar-refractivity contribution in [1.82, 2.24) is 0 Å². The predicted octanol–water partition coefficient (Wildman–Crippen LogP) is 1.42. The van der Waals surface area contributed by atoms with Crippen LogP contribution in [-0.2, 0) is 4.74 Å². The molecule has 0 saturated heterocycles. The lowest BCUT2D eigenvalue weighted by atomic mass is 10.0. The summed E-state index contributed by atoms with van der Waals surface area (Å²) in [4.78, 5) is 0. The number of rotatable bonds is 3. The Morgan fingerprint density at radius 1 is 1.50 bits per heavy atom. The van der Waals surface area contributed by atoms with Crippen LogP contribution in [0, 0.1) is 28.8 Å². The Balaban J connectivity index is 3.82. The minimum atomic E-state index is -0.278. The molecule has 2 unspecified atom stereocenters. The van der Waals surface area contributed by atoms with E-state index in [1.165, 1.54) is 0 Å². The maximum atomic E-state index is 8.48. The largest absolute Gasteiger partial charge is 0.423 e. The van der Waals surface area contributed by atoms with Crippen LogP contribution in [-0.4, -0.2) is 6.10 Å². The predicted molar refractivity (Wildman–Crippen MR) is 35.6 cm³/mol. The van der Waals surface area contributed by atoms with E-state index in [2.05, 4.69) is 10.8 Å². The lowest BCUT2D eigenvalue weighted by molar-refractivity contribution is 0.138. The Morgan fingerprint density at radius 2 is 2.10 bits per heavy atom. The average Bonchev–Trinajstić information content (AvgIpc) is 1.91. The molecule has 54 valence electrons. The molecule has 0 aliphatic heterocycles. The quantitative estimate of drug-likeness (QED) is 0.554. The summed E-state index contributed by atoms with van der Waals surface area (Å²) in [7, 11) is 0. The van der Waals surface area contributed by atoms with Crippen molar-refractivity contribution in [2.45, 2.75) is 26.4 Å². The van der Waals surface area contributed by atoms with Crippen LogP contribution in [0.3, 0.4) is 0 Å². The summed E-state index contributed by atoms with van der Waals surface area (Å²) >= 11 is 0. The number of nitrogens with zero attached hydrogens (tertiary/aromatic N) is 2. The molecule has 0 aromatic rings. The van der Waals surface area contributed by atoms with Crippen LogP contribution >= 0.6 is 0 Å². The van der Waals surface area contributed by atoms with Gasteiger partial charge >= 0.3 is 0 Å². The third-order valence-corrected chi connectivity index (χ3v) is 1.41. The van der Waals surface area contributed by atoms with Gasteiger partial charge in [-0.05, 0) is 13.3 Å². The molecule has 0 aromatic heterocycles. The van der Waals surface area contributed by atoms with Gasteiger partial charge in [-0.3, -0.25) is 0 Å². The fourth-order valence-corrected chi connectivity index (χ4v) is 0.693. The monoisotopic (exact) mass is 138 g/mol. The standard InChI is InChI=1S/C7H10N2O/c1-3-7(4-8)6(2)10-5-9/h6-7H,3H2,1-2H3. The van der Waals surface area contributed by atoms with Crippen LogP contribution in [0.2, 0.25) is 0 Å². The highest BCUT2D eigenvalue weighted by Gasteiger charge is 2.14. The van der Waals surface area contributed by atoms with E-state index >= 15 is 0 Å². The molecule has 0 aliphatic carbocycles. The molecule has 0 saturated carbocycles. The van der Waals surface area contributed by atoms with E-state index in [0.717, 1.165) is 6.42 Å². The smallest absolute Gasteiger partial charge is 0.286 e. The molecule has 0 amide bonds. The van der Waals surface area contributed by atoms with Crippen molar-refractivity contribution in [3.63, 3.8) is 0 Å². The van der Waals surface area contributed by atoms with Gasteiger partial charge in [-0.15, -0.1) is 0 Å². The highest BCUT2D eigenvalue weighted by molar-refractivity contribution is 4.86. The molecule has 10 heavy (non-hydrogen) atoms. The second-order valence-electron chi connectivity index (χ2n) is 2.06. The first-order chi connectivity index (χ1) is 4.76. The van der Waals surface area contributed by atoms with E-state index in [4.69, 9.17) is 10.5 Å². The molecule has 3 nitrogen and oxygen atoms in total. The van der Waals surface area contributed by atoms with Crippen molar-refractivity contribution < 1.29 is 4.74 Å². The van der Waals surface area contributed by atoms with Crippen molar-refractivity contribution in [1.29, 1.82) is 10.5 Å². The van der Waals surface area contributed by atoms with Gasteiger partial charge in [-0.25, -0.2) is 0 Å². The van der Waals surface area contributed by atoms with Crippen molar-refractivity contribution in [3.05, 3.63) is 0 Å². The van der Waals surface area contributed by atoms with Gasteiger partial charge < -0.3 is 4.74 Å². The molecular weight excluding hydrogens is 128 g/mol. The summed E-state index contributed by atoms with van der Waals surface area (Å²) in [5.41, 5.74) is 0. The maximum Gasteiger partial charge on any atom is 0.286 e. The Kier molecular flexibility index (Phi) is 4.07. The van der Waals surface area contributed by atoms with Crippen molar-refractivity contribution in [3.8, 4) is 12.3 Å². The number of nitriles is 2. The summed E-state index contributed by atoms with van der Waals surface area (Å²) in [5, 5.41) is 16.6. The van der Waals surface area contributed by atoms with Crippen LogP contribution < -0.4 is 0 Å². The van der Waals surface area contributed by atoms with Gasteiger partial charge in [0.2, 0.25) is 0 Å². The topological polar surface area (TPSA) is 56.8 Å². The Bertz CT molecular complexity index is 165. The first-order valence-corrected chi connectivity index (χ1v) is 3.20. The van der Waals surface area contributed by atoms with Gasteiger partial charge in [-0.1, -0.05) is 6.92 Å². The number of hydrogen-bond acceptors (Lipinski definition) is 3. The lowest BCUT2D eigenvalue weighted by Gasteiger charge is -2.11. The molecule has 3 heteroatoms. The van der Waals surface area contributed by atoms with Gasteiger partial charge in [0, 0.05) is 0 Å². The summed E-state index contributed by atoms with van der Waals surface area (Å²) in [6, 6.07) is 2.06. The van der Waals surface area contributed by atoms with Crippen LogP contribution in [0.25, 0.3) is 0 Å². The van der Waals surface area contributed by atoms with Crippen LogP contribution in [0.15, 0.2) is 0 Å². The molecular formula is C7H10N2O. The summed E-state index contributed by atoms with van der Waals surface area (Å²) in [6.45, 7) is 3.62. The molecule has 0 aliphatic rings. The highest BCUT2D eigenvalue weighted by Crippen LogP contribution is 2.09. The maximum absolute atomic E-state index is 8.48. The Morgan fingerprint density at radius 3 is 2.40 bits per heavy atom. The Hall–Kier alpha value is -1.22. The zero-order valence-electron chi connectivity index (χ0n) is 6.16. The third-order valence-electron chi connectivity index (χ3n) is 1.41. The number of ether oxygens (including phenoxy) is 1. The van der Waals surface area contributed by atoms with Crippen LogP contribution in [0.1, 0.15) is 20.3 Å². The van der Waals surface area contributed by atoms with Gasteiger partial charge in [0.25, 0.3) is 6.26 Å². The third kappa shape index (κ3) is 2.37. The summed E-state index contributed by atoms with van der Waals surface area (Å²) in [5.74, 6) is -0.167. The van der Waals surface area contributed by atoms with Crippen molar-refractivity contribution >= 4 is 0 Å². The van der Waals surface area contributed by atoms with E-state index < -0.39 is 0 Å². The molecule has 2 atom stereocenters.